The van der Waals surface area contributed by atoms with Crippen LogP contribution in [0.5, 0.6) is 0 Å². The summed E-state index contributed by atoms with van der Waals surface area (Å²) >= 11 is 1.90. The van der Waals surface area contributed by atoms with E-state index in [1.807, 2.05) is 28.7 Å². The van der Waals surface area contributed by atoms with E-state index in [1.54, 1.807) is 12.1 Å². The number of nitrogens with two attached hydrogens (primary N) is 1. The van der Waals surface area contributed by atoms with Gasteiger partial charge in [-0.05, 0) is 40.3 Å². The highest BCUT2D eigenvalue weighted by atomic mass is 127. The first-order valence-corrected chi connectivity index (χ1v) is 4.80. The van der Waals surface area contributed by atoms with Crippen molar-refractivity contribution in [3.8, 4) is 6.07 Å². The molecular formula is C9H8FIN2. The molecule has 1 rings (SSSR count). The van der Waals surface area contributed by atoms with Gasteiger partial charge in [-0.3, -0.25) is 0 Å². The topological polar surface area (TPSA) is 49.8 Å². The lowest BCUT2D eigenvalue weighted by Gasteiger charge is -2.07. The van der Waals surface area contributed by atoms with Crippen molar-refractivity contribution in [1.82, 2.24) is 0 Å². The normalized spacial score (nSPS) is 12.2. The number of hydrogen-bond acceptors (Lipinski definition) is 2. The van der Waals surface area contributed by atoms with Crippen LogP contribution in [-0.4, -0.2) is 0 Å². The van der Waals surface area contributed by atoms with Crippen LogP contribution < -0.4 is 5.73 Å². The zero-order valence-corrected chi connectivity index (χ0v) is 8.95. The van der Waals surface area contributed by atoms with Gasteiger partial charge in [0.25, 0.3) is 0 Å². The highest BCUT2D eigenvalue weighted by molar-refractivity contribution is 14.1. The second-order valence-corrected chi connectivity index (χ2v) is 3.80. The van der Waals surface area contributed by atoms with Crippen LogP contribution in [0.25, 0.3) is 0 Å². The van der Waals surface area contributed by atoms with E-state index >= 15 is 0 Å². The first-order valence-electron chi connectivity index (χ1n) is 3.72. The van der Waals surface area contributed by atoms with Crippen LogP contribution in [0.4, 0.5) is 4.39 Å². The highest BCUT2D eigenvalue weighted by Crippen LogP contribution is 2.18. The summed E-state index contributed by atoms with van der Waals surface area (Å²) < 4.78 is 13.6. The minimum Gasteiger partial charge on any atom is -0.323 e. The molecule has 1 aromatic rings. The first kappa shape index (κ1) is 10.4. The van der Waals surface area contributed by atoms with E-state index in [2.05, 4.69) is 0 Å². The number of rotatable bonds is 2. The molecule has 0 bridgehead atoms. The monoisotopic (exact) mass is 290 g/mol. The zero-order chi connectivity index (χ0) is 9.84. The summed E-state index contributed by atoms with van der Waals surface area (Å²) in [6.07, 6.45) is 0.208. The maximum Gasteiger partial charge on any atom is 0.136 e. The fourth-order valence-corrected chi connectivity index (χ4v) is 1.29. The number of benzene rings is 1. The van der Waals surface area contributed by atoms with Crippen LogP contribution in [0.3, 0.4) is 0 Å². The molecular weight excluding hydrogens is 282 g/mol. The summed E-state index contributed by atoms with van der Waals surface area (Å²) in [6.45, 7) is 0. The molecule has 1 aromatic carbocycles. The van der Waals surface area contributed by atoms with Gasteiger partial charge in [0.15, 0.2) is 0 Å². The highest BCUT2D eigenvalue weighted by Gasteiger charge is 2.07. The molecule has 2 nitrogen and oxygen atoms in total. The SMILES string of the molecule is N#CC[C@@H](N)c1ccc(I)c(F)c1. The second-order valence-electron chi connectivity index (χ2n) is 2.64. The molecule has 0 spiro atoms. The smallest absolute Gasteiger partial charge is 0.136 e. The standard InChI is InChI=1S/C9H8FIN2/c10-7-5-6(1-2-8(7)11)9(13)3-4-12/h1-2,5,9H,3,13H2/t9-/m1/s1. The van der Waals surface area contributed by atoms with E-state index < -0.39 is 6.04 Å². The lowest BCUT2D eigenvalue weighted by Crippen LogP contribution is -2.09. The Kier molecular flexibility index (Phi) is 3.63. The fraction of sp³-hybridized carbons (Fsp3) is 0.222. The molecule has 0 saturated carbocycles. The van der Waals surface area contributed by atoms with Gasteiger partial charge in [-0.2, -0.15) is 5.26 Å². The Morgan fingerprint density at radius 1 is 1.62 bits per heavy atom. The number of nitrogens with zero attached hydrogens (tertiary/aromatic N) is 1. The van der Waals surface area contributed by atoms with Gasteiger partial charge >= 0.3 is 0 Å². The van der Waals surface area contributed by atoms with E-state index in [0.29, 0.717) is 9.13 Å². The lowest BCUT2D eigenvalue weighted by atomic mass is 10.1. The van der Waals surface area contributed by atoms with Gasteiger partial charge in [0.2, 0.25) is 0 Å². The summed E-state index contributed by atoms with van der Waals surface area (Å²) in [7, 11) is 0. The van der Waals surface area contributed by atoms with Gasteiger partial charge in [-0.1, -0.05) is 6.07 Å². The van der Waals surface area contributed by atoms with Crippen LogP contribution in [0.2, 0.25) is 0 Å². The Hall–Kier alpha value is -0.670. The van der Waals surface area contributed by atoms with Gasteiger partial charge in [0.05, 0.1) is 12.5 Å². The molecule has 0 aliphatic rings. The third kappa shape index (κ3) is 2.64. The molecule has 0 radical (unpaired) electrons. The molecule has 4 heteroatoms. The van der Waals surface area contributed by atoms with Crippen molar-refractivity contribution in [3.05, 3.63) is 33.1 Å². The largest absolute Gasteiger partial charge is 0.323 e. The molecule has 0 aliphatic heterocycles. The van der Waals surface area contributed by atoms with Crippen molar-refractivity contribution in [3.63, 3.8) is 0 Å². The van der Waals surface area contributed by atoms with Gasteiger partial charge in [0, 0.05) is 9.61 Å². The summed E-state index contributed by atoms with van der Waals surface area (Å²) in [5, 5.41) is 8.40. The molecule has 0 saturated heterocycles. The van der Waals surface area contributed by atoms with Crippen molar-refractivity contribution in [2.24, 2.45) is 5.73 Å². The Morgan fingerprint density at radius 3 is 2.85 bits per heavy atom. The molecule has 0 unspecified atom stereocenters. The lowest BCUT2D eigenvalue weighted by molar-refractivity contribution is 0.613. The van der Waals surface area contributed by atoms with Crippen molar-refractivity contribution in [2.75, 3.05) is 0 Å². The van der Waals surface area contributed by atoms with E-state index in [1.165, 1.54) is 6.07 Å². The van der Waals surface area contributed by atoms with Gasteiger partial charge < -0.3 is 5.73 Å². The third-order valence-corrected chi connectivity index (χ3v) is 2.56. The average Bonchev–Trinajstić information content (AvgIpc) is 2.10. The van der Waals surface area contributed by atoms with Crippen LogP contribution in [0.15, 0.2) is 18.2 Å². The van der Waals surface area contributed by atoms with Crippen LogP contribution in [0.1, 0.15) is 18.0 Å². The Bertz CT molecular complexity index is 346. The Morgan fingerprint density at radius 2 is 2.31 bits per heavy atom. The third-order valence-electron chi connectivity index (χ3n) is 1.68. The maximum atomic E-state index is 13.0. The van der Waals surface area contributed by atoms with E-state index in [4.69, 9.17) is 11.0 Å². The predicted molar refractivity (Wildman–Crippen MR) is 56.3 cm³/mol. The van der Waals surface area contributed by atoms with Crippen molar-refractivity contribution < 1.29 is 4.39 Å². The molecule has 2 N–H and O–H groups in total. The van der Waals surface area contributed by atoms with Crippen molar-refractivity contribution >= 4 is 22.6 Å². The van der Waals surface area contributed by atoms with Gasteiger partial charge in [-0.25, -0.2) is 4.39 Å². The molecule has 0 amide bonds. The summed E-state index contributed by atoms with van der Waals surface area (Å²) in [5.74, 6) is -0.286. The molecule has 0 aromatic heterocycles. The summed E-state index contributed by atoms with van der Waals surface area (Å²) in [4.78, 5) is 0. The van der Waals surface area contributed by atoms with E-state index in [9.17, 15) is 4.39 Å². The van der Waals surface area contributed by atoms with Gasteiger partial charge in [0.1, 0.15) is 5.82 Å². The fourth-order valence-electron chi connectivity index (χ4n) is 0.959. The predicted octanol–water partition coefficient (Wildman–Crippen LogP) is 2.34. The quantitative estimate of drug-likeness (QED) is 0.850. The van der Waals surface area contributed by atoms with Gasteiger partial charge in [-0.15, -0.1) is 0 Å². The summed E-state index contributed by atoms with van der Waals surface area (Å²) in [6, 6.07) is 6.34. The minimum absolute atomic E-state index is 0.208. The van der Waals surface area contributed by atoms with Crippen LogP contribution >= 0.6 is 22.6 Å². The molecule has 0 fully saturated rings. The van der Waals surface area contributed by atoms with E-state index in [-0.39, 0.29) is 12.2 Å². The molecule has 0 aliphatic carbocycles. The first-order chi connectivity index (χ1) is 6.15. The number of hydrogen-bond donors (Lipinski definition) is 1. The maximum absolute atomic E-state index is 13.0. The average molecular weight is 290 g/mol. The molecule has 1 atom stereocenters. The number of nitriles is 1. The second kappa shape index (κ2) is 4.53. The molecule has 0 heterocycles. The Balaban J connectivity index is 2.91. The molecule has 13 heavy (non-hydrogen) atoms. The zero-order valence-electron chi connectivity index (χ0n) is 6.80. The number of halogens is 2. The van der Waals surface area contributed by atoms with E-state index in [0.717, 1.165) is 0 Å². The van der Waals surface area contributed by atoms with Crippen LogP contribution in [0, 0.1) is 20.7 Å². The Labute approximate surface area is 89.7 Å². The minimum atomic E-state index is -0.392. The van der Waals surface area contributed by atoms with Crippen LogP contribution in [-0.2, 0) is 0 Å². The molecule has 68 valence electrons. The summed E-state index contributed by atoms with van der Waals surface area (Å²) in [5.41, 5.74) is 6.30. The van der Waals surface area contributed by atoms with Crippen molar-refractivity contribution in [2.45, 2.75) is 12.5 Å². The van der Waals surface area contributed by atoms with Crippen molar-refractivity contribution in [1.29, 1.82) is 5.26 Å².